The fraction of sp³-hybridized carbons (Fsp3) is 0.500. The largest absolute Gasteiger partial charge is 0.393 e. The van der Waals surface area contributed by atoms with Gasteiger partial charge in [0.25, 0.3) is 5.56 Å². The van der Waals surface area contributed by atoms with Crippen molar-refractivity contribution < 1.29 is 15.0 Å². The maximum Gasteiger partial charge on any atom is 0.328 e. The first-order valence-electron chi connectivity index (χ1n) is 8.41. The smallest absolute Gasteiger partial charge is 0.328 e. The Hall–Kier alpha value is -2.72. The number of aryl methyl sites for hydroxylation is 2. The number of aromatic nitrogens is 4. The summed E-state index contributed by atoms with van der Waals surface area (Å²) < 4.78 is 3.03. The first-order chi connectivity index (χ1) is 12.5. The number of carbonyl (C=O) groups excluding carboxylic acids is 1. The highest BCUT2D eigenvalue weighted by Gasteiger charge is 2.22. The average Bonchev–Trinajstić information content (AvgIpc) is 2.91. The SMILES string of the molecule is O=C(CCn1ccc(=O)[nH]c1=O)N1CCCn2nc([C@H](O)CO)cc2C1. The van der Waals surface area contributed by atoms with Crippen LogP contribution in [-0.4, -0.2) is 53.5 Å². The van der Waals surface area contributed by atoms with Crippen molar-refractivity contribution in [2.75, 3.05) is 13.2 Å². The van der Waals surface area contributed by atoms with Crippen molar-refractivity contribution in [3.8, 4) is 0 Å². The van der Waals surface area contributed by atoms with Gasteiger partial charge in [0.15, 0.2) is 0 Å². The number of amides is 1. The quantitative estimate of drug-likeness (QED) is 0.597. The minimum absolute atomic E-state index is 0.109. The van der Waals surface area contributed by atoms with E-state index in [1.807, 2.05) is 0 Å². The zero-order valence-electron chi connectivity index (χ0n) is 14.2. The monoisotopic (exact) mass is 363 g/mol. The highest BCUT2D eigenvalue weighted by molar-refractivity contribution is 5.76. The molecular formula is C16H21N5O5. The highest BCUT2D eigenvalue weighted by Crippen LogP contribution is 2.18. The first-order valence-corrected chi connectivity index (χ1v) is 8.41. The van der Waals surface area contributed by atoms with E-state index in [-0.39, 0.29) is 18.9 Å². The van der Waals surface area contributed by atoms with E-state index in [9.17, 15) is 19.5 Å². The summed E-state index contributed by atoms with van der Waals surface area (Å²) in [5.74, 6) is -0.109. The molecule has 3 rings (SSSR count). The molecule has 0 radical (unpaired) electrons. The number of nitrogens with zero attached hydrogens (tertiary/aromatic N) is 4. The summed E-state index contributed by atoms with van der Waals surface area (Å²) in [7, 11) is 0. The maximum absolute atomic E-state index is 12.5. The number of hydrogen-bond donors (Lipinski definition) is 3. The van der Waals surface area contributed by atoms with Crippen LogP contribution in [0.25, 0.3) is 0 Å². The van der Waals surface area contributed by atoms with E-state index in [0.29, 0.717) is 31.7 Å². The lowest BCUT2D eigenvalue weighted by molar-refractivity contribution is -0.132. The zero-order valence-corrected chi connectivity index (χ0v) is 14.2. The summed E-state index contributed by atoms with van der Waals surface area (Å²) in [5.41, 5.74) is 0.164. The van der Waals surface area contributed by atoms with E-state index in [0.717, 1.165) is 5.69 Å². The van der Waals surface area contributed by atoms with Gasteiger partial charge in [-0.1, -0.05) is 0 Å². The Kier molecular flexibility index (Phi) is 5.33. The fourth-order valence-electron chi connectivity index (χ4n) is 2.95. The number of fused-ring (bicyclic) bond motifs is 1. The van der Waals surface area contributed by atoms with Crippen molar-refractivity contribution in [2.45, 2.75) is 38.6 Å². The van der Waals surface area contributed by atoms with Gasteiger partial charge < -0.3 is 19.7 Å². The molecule has 2 aromatic rings. The molecule has 0 fully saturated rings. The predicted octanol–water partition coefficient (Wildman–Crippen LogP) is -1.42. The van der Waals surface area contributed by atoms with Crippen LogP contribution in [0.3, 0.4) is 0 Å². The average molecular weight is 363 g/mol. The lowest BCUT2D eigenvalue weighted by atomic mass is 10.2. The molecule has 140 valence electrons. The highest BCUT2D eigenvalue weighted by atomic mass is 16.3. The molecule has 0 spiro atoms. The molecule has 1 aliphatic heterocycles. The van der Waals surface area contributed by atoms with Gasteiger partial charge in [-0.3, -0.25) is 19.3 Å². The third kappa shape index (κ3) is 3.92. The third-order valence-electron chi connectivity index (χ3n) is 4.36. The number of carbonyl (C=O) groups is 1. The van der Waals surface area contributed by atoms with E-state index in [1.54, 1.807) is 15.6 Å². The van der Waals surface area contributed by atoms with Crippen LogP contribution in [0.5, 0.6) is 0 Å². The Balaban J connectivity index is 1.67. The van der Waals surface area contributed by atoms with Crippen molar-refractivity contribution >= 4 is 5.91 Å². The van der Waals surface area contributed by atoms with E-state index < -0.39 is 24.0 Å². The minimum Gasteiger partial charge on any atom is -0.393 e. The zero-order chi connectivity index (χ0) is 18.7. The van der Waals surface area contributed by atoms with E-state index in [2.05, 4.69) is 10.1 Å². The summed E-state index contributed by atoms with van der Waals surface area (Å²) in [6.07, 6.45) is 1.18. The third-order valence-corrected chi connectivity index (χ3v) is 4.36. The second kappa shape index (κ2) is 7.67. The van der Waals surface area contributed by atoms with Crippen LogP contribution in [-0.2, 0) is 24.4 Å². The predicted molar refractivity (Wildman–Crippen MR) is 90.2 cm³/mol. The number of H-pyrrole nitrogens is 1. The van der Waals surface area contributed by atoms with Gasteiger partial charge >= 0.3 is 5.69 Å². The molecule has 0 aliphatic carbocycles. The lowest BCUT2D eigenvalue weighted by Crippen LogP contribution is -2.34. The van der Waals surface area contributed by atoms with Gasteiger partial charge in [-0.2, -0.15) is 5.10 Å². The van der Waals surface area contributed by atoms with Crippen LogP contribution in [0, 0.1) is 0 Å². The molecule has 1 aliphatic rings. The molecule has 0 saturated carbocycles. The molecular weight excluding hydrogens is 342 g/mol. The molecule has 0 aromatic carbocycles. The van der Waals surface area contributed by atoms with Crippen LogP contribution >= 0.6 is 0 Å². The molecule has 3 N–H and O–H groups in total. The summed E-state index contributed by atoms with van der Waals surface area (Å²) in [6, 6.07) is 2.93. The standard InChI is InChI=1S/C16H21N5O5/c22-10-13(23)12-8-11-9-20(4-1-5-21(11)18-12)15(25)3-7-19-6-2-14(24)17-16(19)26/h2,6,8,13,22-23H,1,3-5,7,9-10H2,(H,17,24,26)/t13-/m1/s1. The molecule has 0 bridgehead atoms. The van der Waals surface area contributed by atoms with Gasteiger partial charge in [-0.05, 0) is 12.5 Å². The number of aliphatic hydroxyl groups excluding tert-OH is 2. The topological polar surface area (TPSA) is 133 Å². The molecule has 3 heterocycles. The number of nitrogens with one attached hydrogen (secondary N) is 1. The first kappa shape index (κ1) is 18.1. The molecule has 1 atom stereocenters. The van der Waals surface area contributed by atoms with Gasteiger partial charge in [0.05, 0.1) is 24.5 Å². The number of rotatable bonds is 5. The van der Waals surface area contributed by atoms with Crippen molar-refractivity contribution in [3.63, 3.8) is 0 Å². The Morgan fingerprint density at radius 3 is 2.88 bits per heavy atom. The number of aromatic amines is 1. The van der Waals surface area contributed by atoms with Crippen molar-refractivity contribution in [1.29, 1.82) is 0 Å². The van der Waals surface area contributed by atoms with Crippen LogP contribution in [0.15, 0.2) is 27.9 Å². The Morgan fingerprint density at radius 1 is 1.35 bits per heavy atom. The Bertz CT molecular complexity index is 899. The normalized spacial score (nSPS) is 15.4. The molecule has 10 heteroatoms. The van der Waals surface area contributed by atoms with Crippen molar-refractivity contribution in [1.82, 2.24) is 24.2 Å². The number of hydrogen-bond acceptors (Lipinski definition) is 6. The van der Waals surface area contributed by atoms with Crippen LogP contribution in [0.1, 0.15) is 30.3 Å². The number of aliphatic hydroxyl groups is 2. The van der Waals surface area contributed by atoms with Crippen LogP contribution in [0.4, 0.5) is 0 Å². The molecule has 1 amide bonds. The molecule has 2 aromatic heterocycles. The second-order valence-electron chi connectivity index (χ2n) is 6.20. The van der Waals surface area contributed by atoms with Gasteiger partial charge in [-0.25, -0.2) is 4.79 Å². The van der Waals surface area contributed by atoms with Crippen LogP contribution in [0.2, 0.25) is 0 Å². The maximum atomic E-state index is 12.5. The van der Waals surface area contributed by atoms with E-state index >= 15 is 0 Å². The Labute approximate surface area is 148 Å². The summed E-state index contributed by atoms with van der Waals surface area (Å²) in [5, 5.41) is 23.0. The van der Waals surface area contributed by atoms with Crippen molar-refractivity contribution in [2.24, 2.45) is 0 Å². The van der Waals surface area contributed by atoms with E-state index in [4.69, 9.17) is 5.11 Å². The summed E-state index contributed by atoms with van der Waals surface area (Å²) >= 11 is 0. The van der Waals surface area contributed by atoms with E-state index in [1.165, 1.54) is 16.8 Å². The second-order valence-corrected chi connectivity index (χ2v) is 6.20. The van der Waals surface area contributed by atoms with Crippen LogP contribution < -0.4 is 11.2 Å². The lowest BCUT2D eigenvalue weighted by Gasteiger charge is -2.20. The molecule has 26 heavy (non-hydrogen) atoms. The summed E-state index contributed by atoms with van der Waals surface area (Å²) in [6.45, 7) is 1.31. The van der Waals surface area contributed by atoms with Crippen molar-refractivity contribution in [3.05, 3.63) is 50.6 Å². The Morgan fingerprint density at radius 2 is 2.15 bits per heavy atom. The molecule has 0 saturated heterocycles. The van der Waals surface area contributed by atoms with Gasteiger partial charge in [0.1, 0.15) is 6.10 Å². The minimum atomic E-state index is -1.04. The van der Waals surface area contributed by atoms with Gasteiger partial charge in [-0.15, -0.1) is 0 Å². The molecule has 10 nitrogen and oxygen atoms in total. The van der Waals surface area contributed by atoms with Gasteiger partial charge in [0, 0.05) is 38.3 Å². The fourth-order valence-corrected chi connectivity index (χ4v) is 2.95. The molecule has 0 unspecified atom stereocenters. The summed E-state index contributed by atoms with van der Waals surface area (Å²) in [4.78, 5) is 39.1. The van der Waals surface area contributed by atoms with Gasteiger partial charge in [0.2, 0.25) is 5.91 Å².